The molecule has 0 amide bonds. The Kier molecular flexibility index (Phi) is 6.18. The monoisotopic (exact) mass is 253 g/mol. The van der Waals surface area contributed by atoms with Crippen LogP contribution >= 0.6 is 0 Å². The summed E-state index contributed by atoms with van der Waals surface area (Å²) in [6.45, 7) is 0.0989. The molecule has 5 nitrogen and oxygen atoms in total. The Bertz CT molecular complexity index is 362. The molecular formula is C13H19NO4. The second kappa shape index (κ2) is 7.68. The number of esters is 1. The number of rotatable bonds is 7. The molecule has 0 saturated carbocycles. The smallest absolute Gasteiger partial charge is 0.305 e. The molecule has 0 fully saturated rings. The van der Waals surface area contributed by atoms with E-state index in [0.29, 0.717) is 6.42 Å². The average Bonchev–Trinajstić information content (AvgIpc) is 2.37. The van der Waals surface area contributed by atoms with Gasteiger partial charge in [-0.1, -0.05) is 12.1 Å². The predicted molar refractivity (Wildman–Crippen MR) is 68.1 cm³/mol. The van der Waals surface area contributed by atoms with E-state index >= 15 is 0 Å². The number of aryl methyl sites for hydroxylation is 1. The normalized spacial score (nSPS) is 10.4. The third-order valence-corrected chi connectivity index (χ3v) is 2.52. The molecule has 5 heteroatoms. The molecule has 100 valence electrons. The Morgan fingerprint density at radius 3 is 2.56 bits per heavy atom. The van der Waals surface area contributed by atoms with E-state index in [-0.39, 0.29) is 12.5 Å². The van der Waals surface area contributed by atoms with Crippen LogP contribution in [-0.4, -0.2) is 36.1 Å². The number of anilines is 1. The molecule has 0 saturated heterocycles. The van der Waals surface area contributed by atoms with Crippen LogP contribution in [0.5, 0.6) is 0 Å². The highest BCUT2D eigenvalue weighted by atomic mass is 16.5. The predicted octanol–water partition coefficient (Wildman–Crippen LogP) is 0.905. The Hall–Kier alpha value is -1.59. The Morgan fingerprint density at radius 2 is 2.00 bits per heavy atom. The zero-order valence-electron chi connectivity index (χ0n) is 10.4. The van der Waals surface area contributed by atoms with Crippen LogP contribution in [0.15, 0.2) is 24.3 Å². The SMILES string of the molecule is COC(=O)CCCc1ccc(NCC(O)O)cc1. The first kappa shape index (κ1) is 14.5. The van der Waals surface area contributed by atoms with Crippen molar-refractivity contribution in [1.29, 1.82) is 0 Å². The molecule has 0 atom stereocenters. The minimum Gasteiger partial charge on any atom is -0.469 e. The largest absolute Gasteiger partial charge is 0.469 e. The fraction of sp³-hybridized carbons (Fsp3) is 0.462. The molecule has 0 radical (unpaired) electrons. The maximum Gasteiger partial charge on any atom is 0.305 e. The first-order valence-electron chi connectivity index (χ1n) is 5.87. The maximum atomic E-state index is 10.9. The van der Waals surface area contributed by atoms with E-state index in [2.05, 4.69) is 10.1 Å². The molecule has 1 aromatic rings. The topological polar surface area (TPSA) is 78.8 Å². The highest BCUT2D eigenvalue weighted by Gasteiger charge is 2.01. The molecule has 1 rings (SSSR count). The minimum atomic E-state index is -1.36. The lowest BCUT2D eigenvalue weighted by Gasteiger charge is -2.08. The number of carbonyl (C=O) groups excluding carboxylic acids is 1. The molecule has 0 bridgehead atoms. The molecule has 0 aliphatic rings. The van der Waals surface area contributed by atoms with Crippen molar-refractivity contribution in [1.82, 2.24) is 0 Å². The van der Waals surface area contributed by atoms with Gasteiger partial charge in [0.15, 0.2) is 6.29 Å². The molecule has 1 aromatic carbocycles. The fourth-order valence-corrected chi connectivity index (χ4v) is 1.54. The number of benzene rings is 1. The third-order valence-electron chi connectivity index (χ3n) is 2.52. The summed E-state index contributed by atoms with van der Waals surface area (Å²) in [5, 5.41) is 20.3. The van der Waals surface area contributed by atoms with E-state index in [9.17, 15) is 4.79 Å². The molecule has 18 heavy (non-hydrogen) atoms. The molecule has 0 heterocycles. The van der Waals surface area contributed by atoms with E-state index in [0.717, 1.165) is 24.1 Å². The Labute approximate surface area is 106 Å². The summed E-state index contributed by atoms with van der Waals surface area (Å²) in [4.78, 5) is 10.9. The highest BCUT2D eigenvalue weighted by molar-refractivity contribution is 5.69. The number of carbonyl (C=O) groups is 1. The average molecular weight is 253 g/mol. The molecule has 0 aliphatic carbocycles. The molecule has 0 spiro atoms. The van der Waals surface area contributed by atoms with Gasteiger partial charge >= 0.3 is 5.97 Å². The maximum absolute atomic E-state index is 10.9. The third kappa shape index (κ3) is 5.65. The molecule has 0 unspecified atom stereocenters. The minimum absolute atomic E-state index is 0.0989. The quantitative estimate of drug-likeness (QED) is 0.497. The van der Waals surface area contributed by atoms with E-state index in [1.807, 2.05) is 24.3 Å². The van der Waals surface area contributed by atoms with Crippen LogP contribution in [0.2, 0.25) is 0 Å². The van der Waals surface area contributed by atoms with Gasteiger partial charge in [-0.2, -0.15) is 0 Å². The molecular weight excluding hydrogens is 234 g/mol. The van der Waals surface area contributed by atoms with Crippen LogP contribution < -0.4 is 5.32 Å². The van der Waals surface area contributed by atoms with Crippen LogP contribution in [0, 0.1) is 0 Å². The Balaban J connectivity index is 2.33. The summed E-state index contributed by atoms with van der Waals surface area (Å²) in [6, 6.07) is 7.64. The number of aliphatic hydroxyl groups excluding tert-OH is 1. The number of aliphatic hydroxyl groups is 2. The van der Waals surface area contributed by atoms with Crippen LogP contribution in [-0.2, 0) is 16.0 Å². The molecule has 0 aromatic heterocycles. The lowest BCUT2D eigenvalue weighted by molar-refractivity contribution is -0.140. The molecule has 3 N–H and O–H groups in total. The van der Waals surface area contributed by atoms with Crippen LogP contribution in [0.3, 0.4) is 0 Å². The number of methoxy groups -OCH3 is 1. The van der Waals surface area contributed by atoms with E-state index in [4.69, 9.17) is 10.2 Å². The second-order valence-electron chi connectivity index (χ2n) is 3.99. The van der Waals surface area contributed by atoms with Crippen molar-refractivity contribution in [3.8, 4) is 0 Å². The van der Waals surface area contributed by atoms with Gasteiger partial charge < -0.3 is 20.3 Å². The van der Waals surface area contributed by atoms with E-state index < -0.39 is 6.29 Å². The fourth-order valence-electron chi connectivity index (χ4n) is 1.54. The van der Waals surface area contributed by atoms with Crippen molar-refractivity contribution in [2.75, 3.05) is 19.0 Å². The lowest BCUT2D eigenvalue weighted by Crippen LogP contribution is -2.18. The first-order chi connectivity index (χ1) is 8.61. The van der Waals surface area contributed by atoms with Crippen molar-refractivity contribution < 1.29 is 19.7 Å². The number of nitrogens with one attached hydrogen (secondary N) is 1. The van der Waals surface area contributed by atoms with Gasteiger partial charge in [0, 0.05) is 12.1 Å². The lowest BCUT2D eigenvalue weighted by atomic mass is 10.1. The first-order valence-corrected chi connectivity index (χ1v) is 5.87. The summed E-state index contributed by atoms with van der Waals surface area (Å²) in [5.74, 6) is -0.190. The number of ether oxygens (including phenoxy) is 1. The van der Waals surface area contributed by atoms with Crippen LogP contribution in [0.4, 0.5) is 5.69 Å². The van der Waals surface area contributed by atoms with Crippen LogP contribution in [0.25, 0.3) is 0 Å². The van der Waals surface area contributed by atoms with E-state index in [1.54, 1.807) is 0 Å². The van der Waals surface area contributed by atoms with Crippen molar-refractivity contribution in [2.45, 2.75) is 25.6 Å². The van der Waals surface area contributed by atoms with Gasteiger partial charge in [0.05, 0.1) is 13.7 Å². The van der Waals surface area contributed by atoms with Crippen molar-refractivity contribution in [3.05, 3.63) is 29.8 Å². The Morgan fingerprint density at radius 1 is 1.33 bits per heavy atom. The van der Waals surface area contributed by atoms with Gasteiger partial charge in [0.25, 0.3) is 0 Å². The highest BCUT2D eigenvalue weighted by Crippen LogP contribution is 2.11. The summed E-state index contributed by atoms with van der Waals surface area (Å²) in [6.07, 6.45) is 0.643. The van der Waals surface area contributed by atoms with Gasteiger partial charge in [0.2, 0.25) is 0 Å². The van der Waals surface area contributed by atoms with Gasteiger partial charge in [-0.15, -0.1) is 0 Å². The zero-order valence-corrected chi connectivity index (χ0v) is 10.4. The van der Waals surface area contributed by atoms with E-state index in [1.165, 1.54) is 7.11 Å². The second-order valence-corrected chi connectivity index (χ2v) is 3.99. The standard InChI is InChI=1S/C13H19NO4/c1-18-13(17)4-2-3-10-5-7-11(8-6-10)14-9-12(15)16/h5-8,12,14-16H,2-4,9H2,1H3. The summed E-state index contributed by atoms with van der Waals surface area (Å²) >= 11 is 0. The van der Waals surface area contributed by atoms with Gasteiger partial charge in [-0.25, -0.2) is 0 Å². The zero-order chi connectivity index (χ0) is 13.4. The molecule has 0 aliphatic heterocycles. The van der Waals surface area contributed by atoms with Crippen LogP contribution in [0.1, 0.15) is 18.4 Å². The number of hydrogen-bond acceptors (Lipinski definition) is 5. The van der Waals surface area contributed by atoms with Crippen molar-refractivity contribution in [3.63, 3.8) is 0 Å². The summed E-state index contributed by atoms with van der Waals surface area (Å²) in [5.41, 5.74) is 1.97. The van der Waals surface area contributed by atoms with Gasteiger partial charge in [0.1, 0.15) is 0 Å². The summed E-state index contributed by atoms with van der Waals surface area (Å²) < 4.78 is 4.57. The van der Waals surface area contributed by atoms with Crippen molar-refractivity contribution in [2.24, 2.45) is 0 Å². The number of hydrogen-bond donors (Lipinski definition) is 3. The van der Waals surface area contributed by atoms with Gasteiger partial charge in [-0.05, 0) is 30.5 Å². The summed E-state index contributed by atoms with van der Waals surface area (Å²) in [7, 11) is 1.39. The van der Waals surface area contributed by atoms with Crippen molar-refractivity contribution >= 4 is 11.7 Å². The van der Waals surface area contributed by atoms with Gasteiger partial charge in [-0.3, -0.25) is 4.79 Å².